The van der Waals surface area contributed by atoms with E-state index in [9.17, 15) is 13.9 Å². The quantitative estimate of drug-likeness (QED) is 0.458. The van der Waals surface area contributed by atoms with Crippen molar-refractivity contribution in [3.05, 3.63) is 65.9 Å². The summed E-state index contributed by atoms with van der Waals surface area (Å²) < 4.78 is 33.9. The number of H-pyrrole nitrogens is 1. The Balaban J connectivity index is 1.57. The number of hydrogen-bond acceptors (Lipinski definition) is 5. The van der Waals surface area contributed by atoms with Gasteiger partial charge in [0.2, 0.25) is 5.88 Å². The molecule has 30 heavy (non-hydrogen) atoms. The van der Waals surface area contributed by atoms with Crippen molar-refractivity contribution < 1.29 is 18.6 Å². The van der Waals surface area contributed by atoms with Gasteiger partial charge in [-0.2, -0.15) is 0 Å². The van der Waals surface area contributed by atoms with E-state index in [-0.39, 0.29) is 28.5 Å². The van der Waals surface area contributed by atoms with Crippen molar-refractivity contribution in [1.82, 2.24) is 15.0 Å². The molecule has 2 aromatic carbocycles. The number of anilines is 2. The number of rotatable bonds is 4. The van der Waals surface area contributed by atoms with E-state index in [1.807, 2.05) is 24.3 Å². The predicted octanol–water partition coefficient (Wildman–Crippen LogP) is 4.64. The average Bonchev–Trinajstić information content (AvgIpc) is 3.08. The fourth-order valence-electron chi connectivity index (χ4n) is 3.61. The SMILES string of the molecule is CC1(c2ccc(Nc3nc(-c4c(F)cccc4F)nc4c[nH]c(O)c34)cc2)COC1. The van der Waals surface area contributed by atoms with Crippen LogP contribution in [0, 0.1) is 11.6 Å². The molecule has 0 radical (unpaired) electrons. The van der Waals surface area contributed by atoms with Gasteiger partial charge in [0.05, 0.1) is 24.3 Å². The van der Waals surface area contributed by atoms with Crippen LogP contribution in [0.5, 0.6) is 5.88 Å². The zero-order valence-corrected chi connectivity index (χ0v) is 16.0. The first-order valence-corrected chi connectivity index (χ1v) is 9.42. The highest BCUT2D eigenvalue weighted by Gasteiger charge is 2.35. The van der Waals surface area contributed by atoms with E-state index in [1.54, 1.807) is 0 Å². The molecule has 1 fully saturated rings. The lowest BCUT2D eigenvalue weighted by Crippen LogP contribution is -2.43. The molecule has 0 amide bonds. The Labute approximate surface area is 170 Å². The maximum absolute atomic E-state index is 14.3. The van der Waals surface area contributed by atoms with E-state index in [0.29, 0.717) is 29.8 Å². The van der Waals surface area contributed by atoms with Gasteiger partial charge < -0.3 is 20.1 Å². The molecule has 1 aliphatic heterocycles. The van der Waals surface area contributed by atoms with Crippen molar-refractivity contribution in [2.45, 2.75) is 12.3 Å². The third kappa shape index (κ3) is 2.96. The number of halogens is 2. The van der Waals surface area contributed by atoms with E-state index < -0.39 is 11.6 Å². The minimum Gasteiger partial charge on any atom is -0.494 e. The number of nitrogens with one attached hydrogen (secondary N) is 2. The molecule has 0 atom stereocenters. The summed E-state index contributed by atoms with van der Waals surface area (Å²) in [5.74, 6) is -1.54. The summed E-state index contributed by atoms with van der Waals surface area (Å²) in [6, 6.07) is 11.4. The topological polar surface area (TPSA) is 83.1 Å². The minimum atomic E-state index is -0.764. The molecule has 3 heterocycles. The Morgan fingerprint density at radius 1 is 1.07 bits per heavy atom. The summed E-state index contributed by atoms with van der Waals surface area (Å²) in [5, 5.41) is 13.7. The van der Waals surface area contributed by atoms with Crippen LogP contribution in [0.1, 0.15) is 12.5 Å². The van der Waals surface area contributed by atoms with E-state index in [4.69, 9.17) is 4.74 Å². The van der Waals surface area contributed by atoms with Crippen molar-refractivity contribution in [1.29, 1.82) is 0 Å². The van der Waals surface area contributed by atoms with E-state index in [0.717, 1.165) is 17.7 Å². The van der Waals surface area contributed by atoms with Crippen LogP contribution in [0.2, 0.25) is 0 Å². The van der Waals surface area contributed by atoms with Gasteiger partial charge in [-0.1, -0.05) is 25.1 Å². The molecule has 2 aromatic heterocycles. The number of hydrogen-bond donors (Lipinski definition) is 3. The molecule has 0 unspecified atom stereocenters. The molecule has 0 aliphatic carbocycles. The molecule has 1 aliphatic rings. The second-order valence-corrected chi connectivity index (χ2v) is 7.65. The van der Waals surface area contributed by atoms with Gasteiger partial charge in [-0.3, -0.25) is 0 Å². The molecule has 0 spiro atoms. The van der Waals surface area contributed by atoms with Crippen LogP contribution in [0.25, 0.3) is 22.3 Å². The molecule has 0 saturated carbocycles. The predicted molar refractivity (Wildman–Crippen MR) is 109 cm³/mol. The Hall–Kier alpha value is -3.52. The van der Waals surface area contributed by atoms with Crippen LogP contribution >= 0.6 is 0 Å². The first-order valence-electron chi connectivity index (χ1n) is 9.42. The van der Waals surface area contributed by atoms with Gasteiger partial charge in [0.15, 0.2) is 5.82 Å². The summed E-state index contributed by atoms with van der Waals surface area (Å²) in [6.45, 7) is 3.50. The highest BCUT2D eigenvalue weighted by atomic mass is 19.1. The minimum absolute atomic E-state index is 0.00908. The van der Waals surface area contributed by atoms with Crippen LogP contribution in [0.4, 0.5) is 20.3 Å². The Morgan fingerprint density at radius 3 is 2.40 bits per heavy atom. The first-order chi connectivity index (χ1) is 14.4. The van der Waals surface area contributed by atoms with Crippen molar-refractivity contribution in [3.8, 4) is 17.3 Å². The molecule has 5 rings (SSSR count). The fraction of sp³-hybridized carbons (Fsp3) is 0.182. The summed E-state index contributed by atoms with van der Waals surface area (Å²) in [6.07, 6.45) is 1.46. The van der Waals surface area contributed by atoms with Crippen LogP contribution in [-0.2, 0) is 10.2 Å². The fourth-order valence-corrected chi connectivity index (χ4v) is 3.61. The van der Waals surface area contributed by atoms with Crippen LogP contribution in [-0.4, -0.2) is 33.3 Å². The average molecular weight is 408 g/mol. The van der Waals surface area contributed by atoms with Gasteiger partial charge in [0, 0.05) is 17.3 Å². The number of aromatic amines is 1. The lowest BCUT2D eigenvalue weighted by molar-refractivity contribution is -0.0499. The van der Waals surface area contributed by atoms with Gasteiger partial charge in [-0.05, 0) is 29.8 Å². The third-order valence-electron chi connectivity index (χ3n) is 5.39. The van der Waals surface area contributed by atoms with Gasteiger partial charge >= 0.3 is 0 Å². The second kappa shape index (κ2) is 6.77. The van der Waals surface area contributed by atoms with Gasteiger partial charge in [0.1, 0.15) is 22.8 Å². The Morgan fingerprint density at radius 2 is 1.77 bits per heavy atom. The van der Waals surface area contributed by atoms with Crippen LogP contribution in [0.15, 0.2) is 48.7 Å². The smallest absolute Gasteiger partial charge is 0.201 e. The zero-order valence-electron chi connectivity index (χ0n) is 16.0. The Bertz CT molecular complexity index is 1230. The number of aromatic nitrogens is 3. The third-order valence-corrected chi connectivity index (χ3v) is 5.39. The number of aromatic hydroxyl groups is 1. The first kappa shape index (κ1) is 18.5. The molecule has 3 N–H and O–H groups in total. The highest BCUT2D eigenvalue weighted by molar-refractivity contribution is 5.96. The summed E-state index contributed by atoms with van der Waals surface area (Å²) >= 11 is 0. The lowest BCUT2D eigenvalue weighted by Gasteiger charge is -2.38. The maximum Gasteiger partial charge on any atom is 0.201 e. The zero-order chi connectivity index (χ0) is 20.9. The molecule has 152 valence electrons. The summed E-state index contributed by atoms with van der Waals surface area (Å²) in [4.78, 5) is 11.2. The summed E-state index contributed by atoms with van der Waals surface area (Å²) in [7, 11) is 0. The van der Waals surface area contributed by atoms with Crippen molar-refractivity contribution in [3.63, 3.8) is 0 Å². The van der Waals surface area contributed by atoms with Crippen molar-refractivity contribution in [2.75, 3.05) is 18.5 Å². The Kier molecular flexibility index (Phi) is 4.18. The van der Waals surface area contributed by atoms with Gasteiger partial charge in [0.25, 0.3) is 0 Å². The second-order valence-electron chi connectivity index (χ2n) is 7.65. The number of fused-ring (bicyclic) bond motifs is 1. The van der Waals surface area contributed by atoms with E-state index >= 15 is 0 Å². The molecular formula is C22H18F2N4O2. The van der Waals surface area contributed by atoms with E-state index in [1.165, 1.54) is 12.3 Å². The van der Waals surface area contributed by atoms with Crippen molar-refractivity contribution >= 4 is 22.4 Å². The molecule has 0 bridgehead atoms. The lowest BCUT2D eigenvalue weighted by atomic mass is 9.81. The molecule has 8 heteroatoms. The highest BCUT2D eigenvalue weighted by Crippen LogP contribution is 2.35. The van der Waals surface area contributed by atoms with Crippen LogP contribution in [0.3, 0.4) is 0 Å². The van der Waals surface area contributed by atoms with Gasteiger partial charge in [-0.15, -0.1) is 0 Å². The number of benzene rings is 2. The molecule has 6 nitrogen and oxygen atoms in total. The van der Waals surface area contributed by atoms with Crippen molar-refractivity contribution in [2.24, 2.45) is 0 Å². The van der Waals surface area contributed by atoms with Crippen LogP contribution < -0.4 is 5.32 Å². The number of nitrogens with zero attached hydrogens (tertiary/aromatic N) is 2. The van der Waals surface area contributed by atoms with Gasteiger partial charge in [-0.25, -0.2) is 18.7 Å². The van der Waals surface area contributed by atoms with E-state index in [2.05, 4.69) is 27.2 Å². The normalized spacial score (nSPS) is 15.2. The molecular weight excluding hydrogens is 390 g/mol. The number of ether oxygens (including phenoxy) is 1. The summed E-state index contributed by atoms with van der Waals surface area (Å²) in [5.41, 5.74) is 1.89. The molecule has 4 aromatic rings. The molecule has 1 saturated heterocycles. The maximum atomic E-state index is 14.3. The standard InChI is InChI=1S/C22H18F2N4O2/c1-22(10-30-11-22)12-5-7-13(8-6-12)26-20-18-16(9-25-21(18)29)27-19(28-20)17-14(23)3-2-4-15(17)24/h2-9,25,29H,10-11H2,1H3,(H,26,27,28). The monoisotopic (exact) mass is 408 g/mol. The largest absolute Gasteiger partial charge is 0.494 e.